The van der Waals surface area contributed by atoms with Crippen LogP contribution in [0.15, 0.2) is 42.5 Å². The summed E-state index contributed by atoms with van der Waals surface area (Å²) >= 11 is 0. The van der Waals surface area contributed by atoms with Crippen LogP contribution in [0.1, 0.15) is 28.7 Å². The van der Waals surface area contributed by atoms with Gasteiger partial charge in [-0.1, -0.05) is 6.07 Å². The van der Waals surface area contributed by atoms with Crippen molar-refractivity contribution in [1.82, 2.24) is 0 Å². The molecule has 3 atom stereocenters. The van der Waals surface area contributed by atoms with E-state index in [9.17, 15) is 0 Å². The van der Waals surface area contributed by atoms with Gasteiger partial charge in [0.1, 0.15) is 40.6 Å². The minimum atomic E-state index is -0.550. The summed E-state index contributed by atoms with van der Waals surface area (Å²) in [5, 5.41) is 0. The first-order chi connectivity index (χ1) is 18.5. The number of fused-ring (bicyclic) bond motifs is 1. The number of rotatable bonds is 10. The molecule has 1 heterocycles. The van der Waals surface area contributed by atoms with Gasteiger partial charge in [-0.05, 0) is 17.7 Å². The second kappa shape index (κ2) is 11.6. The Kier molecular flexibility index (Phi) is 8.26. The molecule has 9 nitrogen and oxygen atoms in total. The summed E-state index contributed by atoms with van der Waals surface area (Å²) in [4.78, 5) is 0. The number of hydrogen-bond donors (Lipinski definition) is 0. The second-order valence-electron chi connectivity index (χ2n) is 8.52. The Balaban J connectivity index is 2.03. The van der Waals surface area contributed by atoms with E-state index in [1.807, 2.05) is 42.5 Å². The van der Waals surface area contributed by atoms with Crippen LogP contribution in [-0.4, -0.2) is 63.0 Å². The van der Waals surface area contributed by atoms with Crippen LogP contribution in [0.4, 0.5) is 0 Å². The second-order valence-corrected chi connectivity index (χ2v) is 8.52. The maximum absolute atomic E-state index is 6.64. The molecule has 0 fully saturated rings. The number of ether oxygens (including phenoxy) is 9. The van der Waals surface area contributed by atoms with Crippen LogP contribution in [0, 0.1) is 0 Å². The molecule has 9 heteroatoms. The number of methoxy groups -OCH3 is 8. The molecule has 0 N–H and O–H groups in total. The molecule has 4 rings (SSSR count). The van der Waals surface area contributed by atoms with Crippen LogP contribution < -0.4 is 37.9 Å². The van der Waals surface area contributed by atoms with Crippen LogP contribution in [0.25, 0.3) is 0 Å². The van der Waals surface area contributed by atoms with Gasteiger partial charge in [-0.15, -0.1) is 0 Å². The summed E-state index contributed by atoms with van der Waals surface area (Å²) < 4.78 is 52.5. The summed E-state index contributed by atoms with van der Waals surface area (Å²) in [5.74, 6) is 4.26. The van der Waals surface area contributed by atoms with Crippen molar-refractivity contribution in [1.29, 1.82) is 0 Å². The summed E-state index contributed by atoms with van der Waals surface area (Å²) in [6, 6.07) is 13.0. The van der Waals surface area contributed by atoms with Gasteiger partial charge in [-0.2, -0.15) is 0 Å². The maximum atomic E-state index is 6.64. The normalized spacial score (nSPS) is 18.1. The van der Waals surface area contributed by atoms with Gasteiger partial charge in [-0.25, -0.2) is 0 Å². The molecule has 0 bridgehead atoms. The fourth-order valence-corrected chi connectivity index (χ4v) is 5.01. The Morgan fingerprint density at radius 3 is 1.55 bits per heavy atom. The van der Waals surface area contributed by atoms with E-state index >= 15 is 0 Å². The zero-order valence-electron chi connectivity index (χ0n) is 22.9. The average Bonchev–Trinajstić information content (AvgIpc) is 2.98. The fraction of sp³-hybridized carbons (Fsp3) is 0.379. The molecule has 0 unspecified atom stereocenters. The highest BCUT2D eigenvalue weighted by atomic mass is 16.5. The Hall–Kier alpha value is -3.98. The lowest BCUT2D eigenvalue weighted by molar-refractivity contribution is -0.0242. The molecule has 204 valence electrons. The molecular formula is C29H34O9. The van der Waals surface area contributed by atoms with E-state index in [4.69, 9.17) is 42.6 Å². The van der Waals surface area contributed by atoms with Gasteiger partial charge < -0.3 is 42.6 Å². The average molecular weight is 527 g/mol. The van der Waals surface area contributed by atoms with Crippen LogP contribution in [0.2, 0.25) is 0 Å². The predicted molar refractivity (Wildman–Crippen MR) is 141 cm³/mol. The lowest BCUT2D eigenvalue weighted by Crippen LogP contribution is -2.37. The van der Waals surface area contributed by atoms with Crippen molar-refractivity contribution < 1.29 is 42.6 Å². The largest absolute Gasteiger partial charge is 0.496 e. The first-order valence-electron chi connectivity index (χ1n) is 12.0. The maximum Gasteiger partial charge on any atom is 0.161 e. The van der Waals surface area contributed by atoms with E-state index < -0.39 is 18.1 Å². The van der Waals surface area contributed by atoms with Crippen LogP contribution in [0.5, 0.6) is 46.0 Å². The Labute approximate surface area is 223 Å². The minimum absolute atomic E-state index is 0.432. The highest BCUT2D eigenvalue weighted by Crippen LogP contribution is 2.56. The Bertz CT molecular complexity index is 1250. The van der Waals surface area contributed by atoms with E-state index in [0.717, 1.165) is 16.7 Å². The van der Waals surface area contributed by atoms with Crippen molar-refractivity contribution in [3.05, 3.63) is 59.2 Å². The third-order valence-electron chi connectivity index (χ3n) is 6.80. The molecule has 0 spiro atoms. The smallest absolute Gasteiger partial charge is 0.161 e. The van der Waals surface area contributed by atoms with Crippen molar-refractivity contribution in [2.45, 2.75) is 18.1 Å². The molecule has 0 aliphatic carbocycles. The molecule has 1 aliphatic heterocycles. The first-order valence-corrected chi connectivity index (χ1v) is 12.0. The molecule has 38 heavy (non-hydrogen) atoms. The van der Waals surface area contributed by atoms with Gasteiger partial charge in [0.2, 0.25) is 0 Å². The molecule has 0 amide bonds. The summed E-state index contributed by atoms with van der Waals surface area (Å²) in [6.45, 7) is 0. The van der Waals surface area contributed by atoms with Gasteiger partial charge >= 0.3 is 0 Å². The molecule has 3 aromatic carbocycles. The molecule has 1 aliphatic rings. The van der Waals surface area contributed by atoms with E-state index in [1.165, 1.54) is 0 Å². The Morgan fingerprint density at radius 1 is 0.526 bits per heavy atom. The van der Waals surface area contributed by atoms with Crippen LogP contribution >= 0.6 is 0 Å². The minimum Gasteiger partial charge on any atom is -0.496 e. The zero-order chi connectivity index (χ0) is 27.4. The van der Waals surface area contributed by atoms with Gasteiger partial charge in [0, 0.05) is 42.5 Å². The van der Waals surface area contributed by atoms with Gasteiger partial charge in [0.25, 0.3) is 0 Å². The van der Waals surface area contributed by atoms with Crippen molar-refractivity contribution in [2.75, 3.05) is 56.9 Å². The molecular weight excluding hydrogens is 492 g/mol. The van der Waals surface area contributed by atoms with Crippen molar-refractivity contribution in [3.63, 3.8) is 0 Å². The molecule has 0 radical (unpaired) electrons. The standard InChI is InChI=1S/C29H34O9/c1-30-17-12-21(34-5)25(22(13-17)35-6)27-26-23(36-7)14-18(31-2)15-24(26)38-28(29(27)37-8)16-9-10-19(32-3)20(11-16)33-4/h9-15,27-29H,1-8H3/t27-,28+,29-/m0/s1. The van der Waals surface area contributed by atoms with Crippen molar-refractivity contribution in [2.24, 2.45) is 0 Å². The van der Waals surface area contributed by atoms with E-state index in [-0.39, 0.29) is 0 Å². The third kappa shape index (κ3) is 4.69. The van der Waals surface area contributed by atoms with Gasteiger partial charge in [0.15, 0.2) is 17.6 Å². The first kappa shape index (κ1) is 27.1. The van der Waals surface area contributed by atoms with Gasteiger partial charge in [-0.3, -0.25) is 0 Å². The number of hydrogen-bond acceptors (Lipinski definition) is 9. The third-order valence-corrected chi connectivity index (χ3v) is 6.80. The monoisotopic (exact) mass is 526 g/mol. The van der Waals surface area contributed by atoms with Crippen molar-refractivity contribution in [3.8, 4) is 46.0 Å². The van der Waals surface area contributed by atoms with E-state index in [0.29, 0.717) is 46.0 Å². The fourth-order valence-electron chi connectivity index (χ4n) is 5.01. The van der Waals surface area contributed by atoms with Crippen LogP contribution in [-0.2, 0) is 4.74 Å². The lowest BCUT2D eigenvalue weighted by Gasteiger charge is -2.40. The highest BCUT2D eigenvalue weighted by molar-refractivity contribution is 5.63. The predicted octanol–water partition coefficient (Wildman–Crippen LogP) is 5.03. The van der Waals surface area contributed by atoms with Crippen LogP contribution in [0.3, 0.4) is 0 Å². The lowest BCUT2D eigenvalue weighted by atomic mass is 9.78. The quantitative estimate of drug-likeness (QED) is 0.361. The van der Waals surface area contributed by atoms with Gasteiger partial charge in [0.05, 0.1) is 55.7 Å². The SMILES string of the molecule is COc1cc(OC)c([C@H]2c3c(OC)cc(OC)cc3O[C@H](c3ccc(OC)c(OC)c3)[C@H]2OC)c(OC)c1. The number of benzene rings is 3. The summed E-state index contributed by atoms with van der Waals surface area (Å²) in [6.07, 6.45) is -1.08. The van der Waals surface area contributed by atoms with E-state index in [2.05, 4.69) is 0 Å². The van der Waals surface area contributed by atoms with Crippen molar-refractivity contribution >= 4 is 0 Å². The summed E-state index contributed by atoms with van der Waals surface area (Å²) in [7, 11) is 12.9. The molecule has 0 aromatic heterocycles. The Morgan fingerprint density at radius 2 is 1.05 bits per heavy atom. The molecule has 3 aromatic rings. The topological polar surface area (TPSA) is 83.1 Å². The summed E-state index contributed by atoms with van der Waals surface area (Å²) in [5.41, 5.74) is 2.37. The zero-order valence-corrected chi connectivity index (χ0v) is 22.9. The highest BCUT2D eigenvalue weighted by Gasteiger charge is 2.45. The molecule has 0 saturated heterocycles. The molecule has 0 saturated carbocycles. The van der Waals surface area contributed by atoms with E-state index in [1.54, 1.807) is 56.9 Å².